The Labute approximate surface area is 194 Å². The molecule has 0 atom stereocenters. The number of anilines is 1. The maximum absolute atomic E-state index is 13.9. The number of aromatic nitrogens is 1. The van der Waals surface area contributed by atoms with Gasteiger partial charge in [0.15, 0.2) is 11.5 Å². The first-order chi connectivity index (χ1) is 16.0. The summed E-state index contributed by atoms with van der Waals surface area (Å²) in [7, 11) is 0. The van der Waals surface area contributed by atoms with Gasteiger partial charge in [-0.3, -0.25) is 9.59 Å². The minimum atomic E-state index is -0.514. The van der Waals surface area contributed by atoms with Crippen molar-refractivity contribution in [3.8, 4) is 11.5 Å². The van der Waals surface area contributed by atoms with Crippen LogP contribution < -0.4 is 14.8 Å². The summed E-state index contributed by atoms with van der Waals surface area (Å²) in [6, 6.07) is 9.74. The second kappa shape index (κ2) is 9.04. The molecule has 3 aliphatic rings. The lowest BCUT2D eigenvalue weighted by molar-refractivity contribution is -0.141. The zero-order chi connectivity index (χ0) is 22.8. The standard InChI is InChI=1S/C26H31N3O4/c1-18-7-12-27-23(15-18)28-24(30)19-8-13-29(14-9-19)25(31)26(10-3-2-4-11-26)20-5-6-21-22(16-20)33-17-32-21/h5-7,12,15-16,19H,2-4,8-11,13-14,17H2,1H3,(H,27,28,30). The van der Waals surface area contributed by atoms with Crippen LogP contribution in [0.3, 0.4) is 0 Å². The molecule has 2 amide bonds. The number of carbonyl (C=O) groups is 2. The van der Waals surface area contributed by atoms with E-state index in [-0.39, 0.29) is 24.5 Å². The minimum absolute atomic E-state index is 0.0108. The molecule has 1 aromatic heterocycles. The summed E-state index contributed by atoms with van der Waals surface area (Å²) < 4.78 is 11.1. The van der Waals surface area contributed by atoms with Gasteiger partial charge in [-0.1, -0.05) is 25.3 Å². The first kappa shape index (κ1) is 21.7. The number of fused-ring (bicyclic) bond motifs is 1. The Morgan fingerprint density at radius 3 is 2.55 bits per heavy atom. The summed E-state index contributed by atoms with van der Waals surface area (Å²) >= 11 is 0. The van der Waals surface area contributed by atoms with Crippen molar-refractivity contribution in [1.29, 1.82) is 0 Å². The van der Waals surface area contributed by atoms with E-state index in [0.29, 0.717) is 31.7 Å². The van der Waals surface area contributed by atoms with Crippen molar-refractivity contribution in [2.45, 2.75) is 57.3 Å². The van der Waals surface area contributed by atoms with Crippen molar-refractivity contribution in [2.75, 3.05) is 25.2 Å². The molecule has 1 aliphatic carbocycles. The van der Waals surface area contributed by atoms with E-state index in [0.717, 1.165) is 54.7 Å². The summed E-state index contributed by atoms with van der Waals surface area (Å²) in [4.78, 5) is 32.9. The molecule has 7 heteroatoms. The zero-order valence-corrected chi connectivity index (χ0v) is 19.1. The number of nitrogens with one attached hydrogen (secondary N) is 1. The van der Waals surface area contributed by atoms with E-state index >= 15 is 0 Å². The number of piperidine rings is 1. The highest BCUT2D eigenvalue weighted by Gasteiger charge is 2.45. The van der Waals surface area contributed by atoms with Gasteiger partial charge < -0.3 is 19.7 Å². The Morgan fingerprint density at radius 2 is 1.79 bits per heavy atom. The summed E-state index contributed by atoms with van der Waals surface area (Å²) in [5, 5.41) is 2.94. The summed E-state index contributed by atoms with van der Waals surface area (Å²) in [5.74, 6) is 2.13. The summed E-state index contributed by atoms with van der Waals surface area (Å²) in [6.45, 7) is 3.41. The van der Waals surface area contributed by atoms with Crippen molar-refractivity contribution in [3.05, 3.63) is 47.7 Å². The fraction of sp³-hybridized carbons (Fsp3) is 0.500. The van der Waals surface area contributed by atoms with Crippen molar-refractivity contribution in [1.82, 2.24) is 9.88 Å². The number of carbonyl (C=O) groups excluding carboxylic acids is 2. The van der Waals surface area contributed by atoms with E-state index in [9.17, 15) is 9.59 Å². The van der Waals surface area contributed by atoms with Crippen LogP contribution in [0.2, 0.25) is 0 Å². The van der Waals surface area contributed by atoms with Gasteiger partial charge in [0.2, 0.25) is 18.6 Å². The number of aryl methyl sites for hydroxylation is 1. The zero-order valence-electron chi connectivity index (χ0n) is 19.1. The Morgan fingerprint density at radius 1 is 1.03 bits per heavy atom. The molecule has 0 radical (unpaired) electrons. The number of hydrogen-bond donors (Lipinski definition) is 1. The average Bonchev–Trinajstić information content (AvgIpc) is 3.32. The molecule has 174 valence electrons. The molecule has 1 N–H and O–H groups in total. The number of likely N-dealkylation sites (tertiary alicyclic amines) is 1. The maximum atomic E-state index is 13.9. The summed E-state index contributed by atoms with van der Waals surface area (Å²) in [6.07, 6.45) is 7.99. The Balaban J connectivity index is 1.28. The normalized spacial score (nSPS) is 19.8. The predicted octanol–water partition coefficient (Wildman–Crippen LogP) is 4.20. The highest BCUT2D eigenvalue weighted by atomic mass is 16.7. The van der Waals surface area contributed by atoms with Gasteiger partial charge in [-0.2, -0.15) is 0 Å². The molecular formula is C26H31N3O4. The molecule has 1 saturated heterocycles. The molecule has 3 heterocycles. The van der Waals surface area contributed by atoms with Crippen LogP contribution in [-0.2, 0) is 15.0 Å². The number of ether oxygens (including phenoxy) is 2. The van der Waals surface area contributed by atoms with Crippen molar-refractivity contribution < 1.29 is 19.1 Å². The fourth-order valence-corrected chi connectivity index (χ4v) is 5.46. The molecule has 2 fully saturated rings. The van der Waals surface area contributed by atoms with Crippen LogP contribution in [0.1, 0.15) is 56.1 Å². The summed E-state index contributed by atoms with van der Waals surface area (Å²) in [5.41, 5.74) is 1.57. The lowest BCUT2D eigenvalue weighted by Crippen LogP contribution is -2.51. The van der Waals surface area contributed by atoms with Gasteiger partial charge in [0.1, 0.15) is 5.82 Å². The number of nitrogens with zero attached hydrogens (tertiary/aromatic N) is 2. The van der Waals surface area contributed by atoms with E-state index in [1.165, 1.54) is 0 Å². The highest BCUT2D eigenvalue weighted by molar-refractivity contribution is 5.92. The van der Waals surface area contributed by atoms with Crippen LogP contribution in [0.15, 0.2) is 36.5 Å². The predicted molar refractivity (Wildman–Crippen MR) is 124 cm³/mol. The molecule has 7 nitrogen and oxygen atoms in total. The second-order valence-corrected chi connectivity index (χ2v) is 9.48. The first-order valence-electron chi connectivity index (χ1n) is 12.0. The van der Waals surface area contributed by atoms with E-state index in [4.69, 9.17) is 9.47 Å². The van der Waals surface area contributed by atoms with Gasteiger partial charge in [0, 0.05) is 25.2 Å². The Bertz CT molecular complexity index is 1040. The van der Waals surface area contributed by atoms with Gasteiger partial charge in [0.25, 0.3) is 0 Å². The molecule has 1 saturated carbocycles. The number of rotatable bonds is 4. The molecule has 1 aromatic carbocycles. The van der Waals surface area contributed by atoms with E-state index in [1.54, 1.807) is 6.20 Å². The number of benzene rings is 1. The SMILES string of the molecule is Cc1ccnc(NC(=O)C2CCN(C(=O)C3(c4ccc5c(c4)OCO5)CCCCC3)CC2)c1. The maximum Gasteiger partial charge on any atom is 0.233 e. The quantitative estimate of drug-likeness (QED) is 0.757. The van der Waals surface area contributed by atoms with Crippen molar-refractivity contribution in [3.63, 3.8) is 0 Å². The molecule has 0 unspecified atom stereocenters. The molecule has 0 bridgehead atoms. The lowest BCUT2D eigenvalue weighted by Gasteiger charge is -2.42. The fourth-order valence-electron chi connectivity index (χ4n) is 5.46. The first-order valence-corrected chi connectivity index (χ1v) is 12.0. The van der Waals surface area contributed by atoms with Crippen molar-refractivity contribution >= 4 is 17.6 Å². The van der Waals surface area contributed by atoms with Gasteiger partial charge >= 0.3 is 0 Å². The van der Waals surface area contributed by atoms with Gasteiger partial charge in [-0.25, -0.2) is 4.98 Å². The Kier molecular flexibility index (Phi) is 5.96. The number of pyridine rings is 1. The van der Waals surface area contributed by atoms with Crippen LogP contribution in [-0.4, -0.2) is 41.6 Å². The topological polar surface area (TPSA) is 80.8 Å². The molecular weight excluding hydrogens is 418 g/mol. The second-order valence-electron chi connectivity index (χ2n) is 9.48. The van der Waals surface area contributed by atoms with Crippen LogP contribution in [0.4, 0.5) is 5.82 Å². The van der Waals surface area contributed by atoms with Crippen molar-refractivity contribution in [2.24, 2.45) is 5.92 Å². The number of hydrogen-bond acceptors (Lipinski definition) is 5. The average molecular weight is 450 g/mol. The molecule has 2 aromatic rings. The van der Waals surface area contributed by atoms with Crippen LogP contribution in [0.5, 0.6) is 11.5 Å². The Hall–Kier alpha value is -3.09. The van der Waals surface area contributed by atoms with Crippen LogP contribution in [0, 0.1) is 12.8 Å². The monoisotopic (exact) mass is 449 g/mol. The lowest BCUT2D eigenvalue weighted by atomic mass is 9.68. The van der Waals surface area contributed by atoms with E-state index in [2.05, 4.69) is 10.3 Å². The van der Waals surface area contributed by atoms with Gasteiger partial charge in [0.05, 0.1) is 5.41 Å². The molecule has 2 aliphatic heterocycles. The van der Waals surface area contributed by atoms with E-state index in [1.807, 2.05) is 42.2 Å². The molecule has 33 heavy (non-hydrogen) atoms. The minimum Gasteiger partial charge on any atom is -0.454 e. The van der Waals surface area contributed by atoms with Gasteiger partial charge in [-0.05, 0) is 68.0 Å². The third-order valence-corrected chi connectivity index (χ3v) is 7.36. The molecule has 0 spiro atoms. The largest absolute Gasteiger partial charge is 0.454 e. The van der Waals surface area contributed by atoms with Crippen LogP contribution >= 0.6 is 0 Å². The number of amides is 2. The van der Waals surface area contributed by atoms with E-state index < -0.39 is 5.41 Å². The molecule has 5 rings (SSSR count). The third kappa shape index (κ3) is 4.28. The van der Waals surface area contributed by atoms with Crippen LogP contribution in [0.25, 0.3) is 0 Å². The van der Waals surface area contributed by atoms with Gasteiger partial charge in [-0.15, -0.1) is 0 Å². The smallest absolute Gasteiger partial charge is 0.233 e. The third-order valence-electron chi connectivity index (χ3n) is 7.36. The highest BCUT2D eigenvalue weighted by Crippen LogP contribution is 2.45.